The van der Waals surface area contributed by atoms with Gasteiger partial charge in [-0.2, -0.15) is 0 Å². The monoisotopic (exact) mass is 324 g/mol. The predicted molar refractivity (Wildman–Crippen MR) is 82.2 cm³/mol. The van der Waals surface area contributed by atoms with Gasteiger partial charge in [-0.3, -0.25) is 4.79 Å². The largest absolute Gasteiger partial charge is 0.324 e. The Balaban J connectivity index is 2.14. The van der Waals surface area contributed by atoms with Crippen LogP contribution in [0.15, 0.2) is 16.6 Å². The summed E-state index contributed by atoms with van der Waals surface area (Å²) in [7, 11) is 0. The van der Waals surface area contributed by atoms with Gasteiger partial charge in [0.15, 0.2) is 0 Å². The van der Waals surface area contributed by atoms with Crippen LogP contribution < -0.4 is 11.1 Å². The first-order valence-corrected chi connectivity index (χ1v) is 7.59. The summed E-state index contributed by atoms with van der Waals surface area (Å²) in [5.74, 6) is -0.0478. The van der Waals surface area contributed by atoms with Gasteiger partial charge in [0.25, 0.3) is 0 Å². The summed E-state index contributed by atoms with van der Waals surface area (Å²) in [5.41, 5.74) is 8.61. The van der Waals surface area contributed by atoms with E-state index in [0.717, 1.165) is 47.0 Å². The van der Waals surface area contributed by atoms with Crippen molar-refractivity contribution in [2.75, 3.05) is 5.32 Å². The second-order valence-corrected chi connectivity index (χ2v) is 6.39. The molecule has 0 aliphatic heterocycles. The number of halogens is 1. The van der Waals surface area contributed by atoms with Crippen molar-refractivity contribution in [3.8, 4) is 0 Å². The number of benzene rings is 1. The summed E-state index contributed by atoms with van der Waals surface area (Å²) in [5, 5.41) is 2.98. The van der Waals surface area contributed by atoms with Gasteiger partial charge in [-0.1, -0.05) is 35.2 Å². The van der Waals surface area contributed by atoms with Crippen LogP contribution in [0.2, 0.25) is 0 Å². The van der Waals surface area contributed by atoms with E-state index in [1.807, 2.05) is 26.0 Å². The van der Waals surface area contributed by atoms with Crippen LogP contribution >= 0.6 is 15.9 Å². The van der Waals surface area contributed by atoms with E-state index in [4.69, 9.17) is 5.73 Å². The number of anilines is 1. The van der Waals surface area contributed by atoms with Crippen molar-refractivity contribution in [3.63, 3.8) is 0 Å². The van der Waals surface area contributed by atoms with E-state index in [1.54, 1.807) is 0 Å². The Kier molecular flexibility index (Phi) is 4.31. The van der Waals surface area contributed by atoms with Gasteiger partial charge < -0.3 is 11.1 Å². The average molecular weight is 325 g/mol. The second-order valence-electron chi connectivity index (χ2n) is 5.59. The van der Waals surface area contributed by atoms with Gasteiger partial charge in [-0.05, 0) is 49.9 Å². The van der Waals surface area contributed by atoms with Crippen LogP contribution in [0.1, 0.15) is 43.2 Å². The number of carbonyl (C=O) groups is 1. The molecule has 0 saturated heterocycles. The van der Waals surface area contributed by atoms with Crippen molar-refractivity contribution < 1.29 is 4.79 Å². The Morgan fingerprint density at radius 1 is 1.21 bits per heavy atom. The van der Waals surface area contributed by atoms with E-state index >= 15 is 0 Å². The molecule has 3 nitrogen and oxygen atoms in total. The lowest BCUT2D eigenvalue weighted by atomic mass is 9.82. The first kappa shape index (κ1) is 14.5. The number of rotatable bonds is 2. The van der Waals surface area contributed by atoms with Crippen LogP contribution in [0.4, 0.5) is 5.69 Å². The zero-order valence-electron chi connectivity index (χ0n) is 11.6. The molecule has 104 valence electrons. The van der Waals surface area contributed by atoms with Gasteiger partial charge in [0.2, 0.25) is 5.91 Å². The first-order valence-electron chi connectivity index (χ1n) is 6.79. The summed E-state index contributed by atoms with van der Waals surface area (Å²) >= 11 is 3.53. The van der Waals surface area contributed by atoms with Gasteiger partial charge in [-0.15, -0.1) is 0 Å². The Hall–Kier alpha value is -0.870. The van der Waals surface area contributed by atoms with E-state index in [1.165, 1.54) is 6.42 Å². The fourth-order valence-corrected chi connectivity index (χ4v) is 2.91. The fourth-order valence-electron chi connectivity index (χ4n) is 2.68. The maximum absolute atomic E-state index is 12.3. The molecule has 0 atom stereocenters. The molecule has 1 saturated carbocycles. The Bertz CT molecular complexity index is 470. The predicted octanol–water partition coefficient (Wildman–Crippen LogP) is 3.67. The number of nitrogens with two attached hydrogens (primary N) is 1. The first-order chi connectivity index (χ1) is 8.92. The number of amides is 1. The molecule has 0 spiro atoms. The molecule has 3 N–H and O–H groups in total. The molecule has 1 aromatic rings. The molecule has 1 aliphatic carbocycles. The zero-order valence-corrected chi connectivity index (χ0v) is 13.1. The quantitative estimate of drug-likeness (QED) is 0.872. The van der Waals surface area contributed by atoms with Crippen molar-refractivity contribution in [1.82, 2.24) is 0 Å². The number of hydrogen-bond donors (Lipinski definition) is 2. The minimum absolute atomic E-state index is 0.0478. The van der Waals surface area contributed by atoms with E-state index in [-0.39, 0.29) is 5.91 Å². The molecule has 0 aromatic heterocycles. The molecule has 2 rings (SSSR count). The number of hydrogen-bond acceptors (Lipinski definition) is 2. The molecule has 19 heavy (non-hydrogen) atoms. The van der Waals surface area contributed by atoms with Gasteiger partial charge in [0, 0.05) is 10.2 Å². The second kappa shape index (κ2) is 5.63. The third-order valence-corrected chi connectivity index (χ3v) is 5.14. The molecule has 0 radical (unpaired) electrons. The zero-order chi connectivity index (χ0) is 14.0. The van der Waals surface area contributed by atoms with E-state index in [2.05, 4.69) is 21.2 Å². The molecule has 4 heteroatoms. The third kappa shape index (κ3) is 3.18. The Labute approximate surface area is 123 Å². The lowest BCUT2D eigenvalue weighted by Crippen LogP contribution is -2.52. The summed E-state index contributed by atoms with van der Waals surface area (Å²) in [6.07, 6.45) is 4.84. The summed E-state index contributed by atoms with van der Waals surface area (Å²) in [6.45, 7) is 4.04. The topological polar surface area (TPSA) is 55.1 Å². The molecule has 0 bridgehead atoms. The fraction of sp³-hybridized carbons (Fsp3) is 0.533. The highest BCUT2D eigenvalue weighted by Gasteiger charge is 2.35. The summed E-state index contributed by atoms with van der Waals surface area (Å²) in [6, 6.07) is 3.95. The van der Waals surface area contributed by atoms with Crippen molar-refractivity contribution in [3.05, 3.63) is 27.7 Å². The Morgan fingerprint density at radius 3 is 2.26 bits per heavy atom. The van der Waals surface area contributed by atoms with Crippen LogP contribution in [0.25, 0.3) is 0 Å². The molecule has 1 amide bonds. The SMILES string of the molecule is Cc1cc(NC(=O)C2(N)CCCCC2)cc(C)c1Br. The van der Waals surface area contributed by atoms with Crippen LogP contribution in [0.5, 0.6) is 0 Å². The standard InChI is InChI=1S/C15H21BrN2O/c1-10-8-12(9-11(2)13(10)16)18-14(19)15(17)6-4-3-5-7-15/h8-9H,3-7,17H2,1-2H3,(H,18,19). The number of nitrogens with one attached hydrogen (secondary N) is 1. The van der Waals surface area contributed by atoms with Crippen molar-refractivity contribution in [2.24, 2.45) is 5.73 Å². The maximum atomic E-state index is 12.3. The molecular weight excluding hydrogens is 304 g/mol. The number of carbonyl (C=O) groups excluding carboxylic acids is 1. The van der Waals surface area contributed by atoms with Gasteiger partial charge >= 0.3 is 0 Å². The third-order valence-electron chi connectivity index (χ3n) is 3.89. The maximum Gasteiger partial charge on any atom is 0.244 e. The molecule has 1 aromatic carbocycles. The van der Waals surface area contributed by atoms with Crippen molar-refractivity contribution >= 4 is 27.5 Å². The molecule has 1 fully saturated rings. The minimum Gasteiger partial charge on any atom is -0.324 e. The van der Waals surface area contributed by atoms with E-state index < -0.39 is 5.54 Å². The molecule has 1 aliphatic rings. The van der Waals surface area contributed by atoms with Gasteiger partial charge in [-0.25, -0.2) is 0 Å². The summed E-state index contributed by atoms with van der Waals surface area (Å²) < 4.78 is 1.09. The smallest absolute Gasteiger partial charge is 0.244 e. The van der Waals surface area contributed by atoms with Gasteiger partial charge in [0.05, 0.1) is 5.54 Å². The van der Waals surface area contributed by atoms with Crippen LogP contribution in [0, 0.1) is 13.8 Å². The lowest BCUT2D eigenvalue weighted by Gasteiger charge is -2.31. The van der Waals surface area contributed by atoms with Crippen LogP contribution in [0.3, 0.4) is 0 Å². The highest BCUT2D eigenvalue weighted by molar-refractivity contribution is 9.10. The minimum atomic E-state index is -0.687. The highest BCUT2D eigenvalue weighted by atomic mass is 79.9. The van der Waals surface area contributed by atoms with Crippen LogP contribution in [-0.2, 0) is 4.79 Å². The molecule has 0 unspecified atom stereocenters. The van der Waals surface area contributed by atoms with Gasteiger partial charge in [0.1, 0.15) is 0 Å². The van der Waals surface area contributed by atoms with Crippen molar-refractivity contribution in [2.45, 2.75) is 51.5 Å². The highest BCUT2D eigenvalue weighted by Crippen LogP contribution is 2.29. The van der Waals surface area contributed by atoms with E-state index in [9.17, 15) is 4.79 Å². The Morgan fingerprint density at radius 2 is 1.74 bits per heavy atom. The number of aryl methyl sites for hydroxylation is 2. The normalized spacial score (nSPS) is 18.1. The lowest BCUT2D eigenvalue weighted by molar-refractivity contribution is -0.122. The average Bonchev–Trinajstić information content (AvgIpc) is 2.36. The van der Waals surface area contributed by atoms with Crippen molar-refractivity contribution in [1.29, 1.82) is 0 Å². The molecular formula is C15H21BrN2O. The van der Waals surface area contributed by atoms with Crippen LogP contribution in [-0.4, -0.2) is 11.4 Å². The van der Waals surface area contributed by atoms with E-state index in [0.29, 0.717) is 0 Å². The molecule has 0 heterocycles. The summed E-state index contributed by atoms with van der Waals surface area (Å²) in [4.78, 5) is 12.3.